The summed E-state index contributed by atoms with van der Waals surface area (Å²) in [5.41, 5.74) is 1.51. The van der Waals surface area contributed by atoms with Crippen molar-refractivity contribution in [1.82, 2.24) is 9.88 Å². The number of aromatic nitrogens is 1. The van der Waals surface area contributed by atoms with E-state index in [-0.39, 0.29) is 23.9 Å². The molecule has 0 unspecified atom stereocenters. The number of carbonyl (C=O) groups excluding carboxylic acids is 1. The highest BCUT2D eigenvalue weighted by molar-refractivity contribution is 5.96. The van der Waals surface area contributed by atoms with E-state index in [4.69, 9.17) is 5.26 Å². The van der Waals surface area contributed by atoms with E-state index in [1.807, 2.05) is 42.5 Å². The van der Waals surface area contributed by atoms with Gasteiger partial charge in [0.15, 0.2) is 0 Å². The molecule has 0 saturated carbocycles. The van der Waals surface area contributed by atoms with Crippen LogP contribution in [0.15, 0.2) is 60.7 Å². The zero-order valence-corrected chi connectivity index (χ0v) is 12.9. The van der Waals surface area contributed by atoms with Crippen LogP contribution in [0.4, 0.5) is 0 Å². The van der Waals surface area contributed by atoms with Crippen LogP contribution < -0.4 is 0 Å². The van der Waals surface area contributed by atoms with Gasteiger partial charge < -0.3 is 10.0 Å². The summed E-state index contributed by atoms with van der Waals surface area (Å²) in [6.07, 6.45) is 0. The smallest absolute Gasteiger partial charge is 0.273 e. The summed E-state index contributed by atoms with van der Waals surface area (Å²) < 4.78 is 0. The molecule has 0 bridgehead atoms. The summed E-state index contributed by atoms with van der Waals surface area (Å²) in [5, 5.41) is 19.7. The average Bonchev–Trinajstić information content (AvgIpc) is 2.62. The molecule has 0 aliphatic heterocycles. The first-order valence-corrected chi connectivity index (χ1v) is 7.48. The minimum absolute atomic E-state index is 0.0250. The maximum Gasteiger partial charge on any atom is 0.273 e. The van der Waals surface area contributed by atoms with Crippen LogP contribution >= 0.6 is 0 Å². The normalized spacial score (nSPS) is 10.3. The Hall–Kier alpha value is -3.39. The van der Waals surface area contributed by atoms with E-state index < -0.39 is 0 Å². The number of phenols is 1. The van der Waals surface area contributed by atoms with E-state index in [9.17, 15) is 9.90 Å². The Bertz CT molecular complexity index is 917. The number of hydrogen-bond donors (Lipinski definition) is 1. The van der Waals surface area contributed by atoms with E-state index in [1.165, 1.54) is 11.0 Å². The quantitative estimate of drug-likeness (QED) is 0.750. The molecule has 3 aromatic rings. The molecule has 2 aromatic carbocycles. The summed E-state index contributed by atoms with van der Waals surface area (Å²) in [4.78, 5) is 18.4. The molecule has 0 atom stereocenters. The molecule has 5 heteroatoms. The van der Waals surface area contributed by atoms with E-state index >= 15 is 0 Å². The molecule has 0 aliphatic rings. The molecule has 1 amide bonds. The van der Waals surface area contributed by atoms with E-state index in [2.05, 4.69) is 4.98 Å². The first kappa shape index (κ1) is 15.5. The fourth-order valence-electron chi connectivity index (χ4n) is 2.50. The van der Waals surface area contributed by atoms with Gasteiger partial charge in [0.2, 0.25) is 0 Å². The molecular weight excluding hydrogens is 302 g/mol. The van der Waals surface area contributed by atoms with Gasteiger partial charge in [-0.2, -0.15) is 5.26 Å². The third-order valence-corrected chi connectivity index (χ3v) is 3.68. The predicted octanol–water partition coefficient (Wildman–Crippen LogP) is 3.11. The van der Waals surface area contributed by atoms with Crippen molar-refractivity contribution >= 4 is 16.8 Å². The van der Waals surface area contributed by atoms with Crippen LogP contribution in [-0.2, 0) is 6.54 Å². The minimum Gasteiger partial charge on any atom is -0.506 e. The van der Waals surface area contributed by atoms with Gasteiger partial charge in [-0.3, -0.25) is 4.79 Å². The van der Waals surface area contributed by atoms with Crippen LogP contribution in [0.3, 0.4) is 0 Å². The Morgan fingerprint density at radius 3 is 2.62 bits per heavy atom. The SMILES string of the molecule is N#CCN(Cc1ccccc1)C(=O)c1ccc2cccc(O)c2n1. The molecule has 0 spiro atoms. The lowest BCUT2D eigenvalue weighted by Gasteiger charge is -2.19. The number of rotatable bonds is 4. The lowest BCUT2D eigenvalue weighted by Crippen LogP contribution is -2.31. The number of phenolic OH excluding ortho intramolecular Hbond substituents is 1. The molecule has 0 saturated heterocycles. The molecule has 118 valence electrons. The van der Waals surface area contributed by atoms with E-state index in [1.54, 1.807) is 18.2 Å². The van der Waals surface area contributed by atoms with Gasteiger partial charge >= 0.3 is 0 Å². The third kappa shape index (κ3) is 3.18. The molecule has 1 aromatic heterocycles. The molecule has 1 N–H and O–H groups in total. The summed E-state index contributed by atoms with van der Waals surface area (Å²) in [6.45, 7) is 0.294. The van der Waals surface area contributed by atoms with Crippen LogP contribution in [0, 0.1) is 11.3 Å². The molecule has 0 aliphatic carbocycles. The molecular formula is C19H15N3O2. The van der Waals surface area contributed by atoms with Crippen molar-refractivity contribution in [2.24, 2.45) is 0 Å². The number of carbonyl (C=O) groups is 1. The fourth-order valence-corrected chi connectivity index (χ4v) is 2.50. The Labute approximate surface area is 139 Å². The number of nitrogens with zero attached hydrogens (tertiary/aromatic N) is 3. The maximum atomic E-state index is 12.7. The predicted molar refractivity (Wildman–Crippen MR) is 90.2 cm³/mol. The minimum atomic E-state index is -0.342. The monoisotopic (exact) mass is 317 g/mol. The van der Waals surface area contributed by atoms with E-state index in [0.29, 0.717) is 12.1 Å². The van der Waals surface area contributed by atoms with Crippen molar-refractivity contribution < 1.29 is 9.90 Å². The second-order valence-electron chi connectivity index (χ2n) is 5.35. The summed E-state index contributed by atoms with van der Waals surface area (Å²) >= 11 is 0. The van der Waals surface area contributed by atoms with Crippen LogP contribution in [0.1, 0.15) is 16.1 Å². The maximum absolute atomic E-state index is 12.7. The Balaban J connectivity index is 1.92. The second kappa shape index (κ2) is 6.80. The zero-order valence-electron chi connectivity index (χ0n) is 12.9. The molecule has 1 heterocycles. The third-order valence-electron chi connectivity index (χ3n) is 3.68. The number of hydrogen-bond acceptors (Lipinski definition) is 4. The van der Waals surface area contributed by atoms with Crippen molar-refractivity contribution in [1.29, 1.82) is 5.26 Å². The number of fused-ring (bicyclic) bond motifs is 1. The molecule has 3 rings (SSSR count). The fraction of sp³-hybridized carbons (Fsp3) is 0.105. The van der Waals surface area contributed by atoms with Crippen molar-refractivity contribution in [2.75, 3.05) is 6.54 Å². The topological polar surface area (TPSA) is 77.2 Å². The largest absolute Gasteiger partial charge is 0.506 e. The highest BCUT2D eigenvalue weighted by atomic mass is 16.3. The van der Waals surface area contributed by atoms with E-state index in [0.717, 1.165) is 10.9 Å². The number of amides is 1. The lowest BCUT2D eigenvalue weighted by atomic mass is 10.1. The van der Waals surface area contributed by atoms with Crippen molar-refractivity contribution in [3.8, 4) is 11.8 Å². The number of para-hydroxylation sites is 1. The number of pyridine rings is 1. The molecule has 5 nitrogen and oxygen atoms in total. The number of nitriles is 1. The first-order valence-electron chi connectivity index (χ1n) is 7.48. The van der Waals surface area contributed by atoms with Gasteiger partial charge in [0, 0.05) is 11.9 Å². The van der Waals surface area contributed by atoms with Gasteiger partial charge in [-0.15, -0.1) is 0 Å². The Morgan fingerprint density at radius 1 is 1.08 bits per heavy atom. The van der Waals surface area contributed by atoms with Crippen LogP contribution in [0.5, 0.6) is 5.75 Å². The van der Waals surface area contributed by atoms with Crippen LogP contribution in [-0.4, -0.2) is 27.4 Å². The van der Waals surface area contributed by atoms with Crippen molar-refractivity contribution in [3.05, 3.63) is 71.9 Å². The summed E-state index contributed by atoms with van der Waals surface area (Å²) in [5.74, 6) is -0.317. The Kier molecular flexibility index (Phi) is 4.39. The molecule has 24 heavy (non-hydrogen) atoms. The first-order chi connectivity index (χ1) is 11.7. The van der Waals surface area contributed by atoms with Gasteiger partial charge in [-0.1, -0.05) is 48.5 Å². The average molecular weight is 317 g/mol. The van der Waals surface area contributed by atoms with Gasteiger partial charge in [-0.25, -0.2) is 4.98 Å². The highest BCUT2D eigenvalue weighted by Crippen LogP contribution is 2.23. The summed E-state index contributed by atoms with van der Waals surface area (Å²) in [6, 6.07) is 19.9. The molecule has 0 fully saturated rings. The summed E-state index contributed by atoms with van der Waals surface area (Å²) in [7, 11) is 0. The van der Waals surface area contributed by atoms with Gasteiger partial charge in [0.25, 0.3) is 5.91 Å². The lowest BCUT2D eigenvalue weighted by molar-refractivity contribution is 0.0759. The van der Waals surface area contributed by atoms with Gasteiger partial charge in [-0.05, 0) is 17.7 Å². The van der Waals surface area contributed by atoms with Gasteiger partial charge in [0.1, 0.15) is 23.5 Å². The standard InChI is InChI=1S/C19H15N3O2/c20-11-12-22(13-14-5-2-1-3-6-14)19(24)16-10-9-15-7-4-8-17(23)18(15)21-16/h1-10,23H,12-13H2. The number of benzene rings is 2. The second-order valence-corrected chi connectivity index (χ2v) is 5.35. The molecule has 0 radical (unpaired) electrons. The highest BCUT2D eigenvalue weighted by Gasteiger charge is 2.18. The van der Waals surface area contributed by atoms with Crippen LogP contribution in [0.25, 0.3) is 10.9 Å². The Morgan fingerprint density at radius 2 is 1.88 bits per heavy atom. The van der Waals surface area contributed by atoms with Crippen molar-refractivity contribution in [2.45, 2.75) is 6.54 Å². The van der Waals surface area contributed by atoms with Crippen molar-refractivity contribution in [3.63, 3.8) is 0 Å². The number of aromatic hydroxyl groups is 1. The van der Waals surface area contributed by atoms with Gasteiger partial charge in [0.05, 0.1) is 6.07 Å². The van der Waals surface area contributed by atoms with Crippen LogP contribution in [0.2, 0.25) is 0 Å². The zero-order chi connectivity index (χ0) is 16.9.